The third kappa shape index (κ3) is 3.05. The van der Waals surface area contributed by atoms with Crippen LogP contribution in [0.2, 0.25) is 0 Å². The van der Waals surface area contributed by atoms with Crippen molar-refractivity contribution in [2.45, 2.75) is 25.8 Å². The van der Waals surface area contributed by atoms with Gasteiger partial charge in [0.1, 0.15) is 6.04 Å². The summed E-state index contributed by atoms with van der Waals surface area (Å²) in [4.78, 5) is 24.7. The van der Waals surface area contributed by atoms with Crippen molar-refractivity contribution in [2.75, 3.05) is 23.9 Å². The number of anilines is 2. The largest absolute Gasteiger partial charge is 0.467 e. The molecule has 1 amide bonds. The number of esters is 1. The van der Waals surface area contributed by atoms with E-state index in [2.05, 4.69) is 10.1 Å². The predicted molar refractivity (Wildman–Crippen MR) is 73.1 cm³/mol. The molecule has 5 heteroatoms. The van der Waals surface area contributed by atoms with Crippen LogP contribution in [0.1, 0.15) is 19.8 Å². The fraction of sp³-hybridized carbons (Fsp3) is 0.429. The lowest BCUT2D eigenvalue weighted by atomic mass is 10.2. The Balaban J connectivity index is 2.02. The monoisotopic (exact) mass is 262 g/mol. The lowest BCUT2D eigenvalue weighted by Gasteiger charge is -2.17. The Hall–Kier alpha value is -2.04. The van der Waals surface area contributed by atoms with Gasteiger partial charge in [-0.3, -0.25) is 4.79 Å². The van der Waals surface area contributed by atoms with Crippen LogP contribution in [-0.4, -0.2) is 31.6 Å². The maximum atomic E-state index is 11.6. The van der Waals surface area contributed by atoms with Gasteiger partial charge in [-0.15, -0.1) is 0 Å². The van der Waals surface area contributed by atoms with Crippen molar-refractivity contribution in [3.05, 3.63) is 24.3 Å². The predicted octanol–water partition coefficient (Wildman–Crippen LogP) is 1.79. The minimum absolute atomic E-state index is 0.170. The first-order chi connectivity index (χ1) is 9.11. The number of carbonyl (C=O) groups excluding carboxylic acids is 2. The number of nitrogens with one attached hydrogen (secondary N) is 1. The van der Waals surface area contributed by atoms with Crippen molar-refractivity contribution >= 4 is 23.3 Å². The molecule has 1 aromatic rings. The van der Waals surface area contributed by atoms with Crippen molar-refractivity contribution in [1.29, 1.82) is 0 Å². The van der Waals surface area contributed by atoms with Gasteiger partial charge < -0.3 is 15.0 Å². The second-order valence-corrected chi connectivity index (χ2v) is 4.58. The molecule has 0 spiro atoms. The second kappa shape index (κ2) is 5.73. The third-order valence-electron chi connectivity index (χ3n) is 3.19. The molecule has 0 aliphatic carbocycles. The summed E-state index contributed by atoms with van der Waals surface area (Å²) < 4.78 is 4.65. The number of rotatable bonds is 4. The summed E-state index contributed by atoms with van der Waals surface area (Å²) >= 11 is 0. The summed E-state index contributed by atoms with van der Waals surface area (Å²) in [6.45, 7) is 2.52. The normalized spacial score (nSPS) is 16.3. The molecule has 0 bridgehead atoms. The van der Waals surface area contributed by atoms with Crippen LogP contribution in [0.3, 0.4) is 0 Å². The van der Waals surface area contributed by atoms with Gasteiger partial charge in [-0.25, -0.2) is 4.79 Å². The highest BCUT2D eigenvalue weighted by molar-refractivity contribution is 5.95. The number of methoxy groups -OCH3 is 1. The van der Waals surface area contributed by atoms with E-state index in [4.69, 9.17) is 0 Å². The van der Waals surface area contributed by atoms with Gasteiger partial charge in [-0.1, -0.05) is 0 Å². The molecule has 1 atom stereocenters. The van der Waals surface area contributed by atoms with E-state index in [-0.39, 0.29) is 11.9 Å². The fourth-order valence-electron chi connectivity index (χ4n) is 2.14. The molecule has 0 saturated carbocycles. The molecule has 5 nitrogen and oxygen atoms in total. The van der Waals surface area contributed by atoms with Crippen LogP contribution in [0.25, 0.3) is 0 Å². The molecule has 1 heterocycles. The molecular formula is C14H18N2O3. The van der Waals surface area contributed by atoms with E-state index >= 15 is 0 Å². The zero-order chi connectivity index (χ0) is 13.8. The SMILES string of the molecule is COC(=O)C(C)Nc1ccc(N2CCCC2=O)cc1. The summed E-state index contributed by atoms with van der Waals surface area (Å²) in [6, 6.07) is 7.09. The van der Waals surface area contributed by atoms with Crippen LogP contribution >= 0.6 is 0 Å². The van der Waals surface area contributed by atoms with Gasteiger partial charge in [0.05, 0.1) is 7.11 Å². The molecule has 1 unspecified atom stereocenters. The first-order valence-electron chi connectivity index (χ1n) is 6.36. The van der Waals surface area contributed by atoms with E-state index in [9.17, 15) is 9.59 Å². The number of hydrogen-bond acceptors (Lipinski definition) is 4. The summed E-state index contributed by atoms with van der Waals surface area (Å²) in [5.41, 5.74) is 1.73. The standard InChI is InChI=1S/C14H18N2O3/c1-10(14(18)19-2)15-11-5-7-12(8-6-11)16-9-3-4-13(16)17/h5-8,10,15H,3-4,9H2,1-2H3. The molecule has 102 valence electrons. The topological polar surface area (TPSA) is 58.6 Å². The van der Waals surface area contributed by atoms with Crippen LogP contribution in [0.4, 0.5) is 11.4 Å². The molecule has 1 aliphatic rings. The first-order valence-corrected chi connectivity index (χ1v) is 6.36. The van der Waals surface area contributed by atoms with Gasteiger partial charge in [0.15, 0.2) is 0 Å². The molecule has 1 saturated heterocycles. The average molecular weight is 262 g/mol. The Bertz CT molecular complexity index is 470. The Morgan fingerprint density at radius 3 is 2.58 bits per heavy atom. The van der Waals surface area contributed by atoms with Crippen molar-refractivity contribution in [3.8, 4) is 0 Å². The Labute approximate surface area is 112 Å². The second-order valence-electron chi connectivity index (χ2n) is 4.58. The zero-order valence-corrected chi connectivity index (χ0v) is 11.2. The lowest BCUT2D eigenvalue weighted by Crippen LogP contribution is -2.27. The van der Waals surface area contributed by atoms with Crippen molar-refractivity contribution < 1.29 is 14.3 Å². The van der Waals surface area contributed by atoms with Gasteiger partial charge in [-0.2, -0.15) is 0 Å². The van der Waals surface area contributed by atoms with E-state index < -0.39 is 6.04 Å². The van der Waals surface area contributed by atoms with Crippen LogP contribution in [0, 0.1) is 0 Å². The number of ether oxygens (including phenoxy) is 1. The molecule has 0 aromatic heterocycles. The lowest BCUT2D eigenvalue weighted by molar-refractivity contribution is -0.141. The highest BCUT2D eigenvalue weighted by Gasteiger charge is 2.21. The maximum absolute atomic E-state index is 11.6. The summed E-state index contributed by atoms with van der Waals surface area (Å²) in [7, 11) is 1.36. The molecule has 2 rings (SSSR count). The van der Waals surface area contributed by atoms with Crippen molar-refractivity contribution in [3.63, 3.8) is 0 Å². The van der Waals surface area contributed by atoms with Crippen molar-refractivity contribution in [2.24, 2.45) is 0 Å². The quantitative estimate of drug-likeness (QED) is 0.840. The number of amides is 1. The van der Waals surface area contributed by atoms with Crippen LogP contribution < -0.4 is 10.2 Å². The molecule has 0 radical (unpaired) electrons. The summed E-state index contributed by atoms with van der Waals surface area (Å²) in [5, 5.41) is 3.04. The van der Waals surface area contributed by atoms with E-state index in [1.54, 1.807) is 11.8 Å². The first kappa shape index (κ1) is 13.4. The Morgan fingerprint density at radius 1 is 1.37 bits per heavy atom. The van der Waals surface area contributed by atoms with E-state index in [1.165, 1.54) is 7.11 Å². The average Bonchev–Trinajstić information content (AvgIpc) is 2.85. The Kier molecular flexibility index (Phi) is 4.04. The summed E-state index contributed by atoms with van der Waals surface area (Å²) in [5.74, 6) is -0.137. The van der Waals surface area contributed by atoms with E-state index in [0.29, 0.717) is 6.42 Å². The molecule has 1 fully saturated rings. The van der Waals surface area contributed by atoms with Gasteiger partial charge in [0.25, 0.3) is 0 Å². The fourth-order valence-corrected chi connectivity index (χ4v) is 2.14. The number of benzene rings is 1. The van der Waals surface area contributed by atoms with E-state index in [0.717, 1.165) is 24.3 Å². The number of carbonyl (C=O) groups is 2. The maximum Gasteiger partial charge on any atom is 0.327 e. The van der Waals surface area contributed by atoms with Gasteiger partial charge in [-0.05, 0) is 37.6 Å². The van der Waals surface area contributed by atoms with Gasteiger partial charge in [0.2, 0.25) is 5.91 Å². The number of nitrogens with zero attached hydrogens (tertiary/aromatic N) is 1. The highest BCUT2D eigenvalue weighted by atomic mass is 16.5. The van der Waals surface area contributed by atoms with Crippen LogP contribution in [0.5, 0.6) is 0 Å². The zero-order valence-electron chi connectivity index (χ0n) is 11.2. The number of hydrogen-bond donors (Lipinski definition) is 1. The molecule has 1 aliphatic heterocycles. The molecule has 1 aromatic carbocycles. The minimum Gasteiger partial charge on any atom is -0.467 e. The molecule has 1 N–H and O–H groups in total. The highest BCUT2D eigenvalue weighted by Crippen LogP contribution is 2.23. The van der Waals surface area contributed by atoms with Gasteiger partial charge >= 0.3 is 5.97 Å². The van der Waals surface area contributed by atoms with Crippen LogP contribution in [0.15, 0.2) is 24.3 Å². The van der Waals surface area contributed by atoms with Crippen molar-refractivity contribution in [1.82, 2.24) is 0 Å². The smallest absolute Gasteiger partial charge is 0.327 e. The van der Waals surface area contributed by atoms with Crippen LogP contribution in [-0.2, 0) is 14.3 Å². The molecular weight excluding hydrogens is 244 g/mol. The van der Waals surface area contributed by atoms with E-state index in [1.807, 2.05) is 24.3 Å². The third-order valence-corrected chi connectivity index (χ3v) is 3.19. The minimum atomic E-state index is -0.399. The van der Waals surface area contributed by atoms with Gasteiger partial charge in [0, 0.05) is 24.3 Å². The summed E-state index contributed by atoms with van der Waals surface area (Å²) in [6.07, 6.45) is 1.54. The Morgan fingerprint density at radius 2 is 2.05 bits per heavy atom. The molecule has 19 heavy (non-hydrogen) atoms.